The van der Waals surface area contributed by atoms with Crippen LogP contribution < -0.4 is 5.32 Å². The minimum Gasteiger partial charge on any atom is -0.317 e. The maximum atomic E-state index is 6.15. The van der Waals surface area contributed by atoms with Crippen molar-refractivity contribution in [3.05, 3.63) is 31.7 Å². The average Bonchev–Trinajstić information content (AvgIpc) is 2.34. The first-order chi connectivity index (χ1) is 8.57. The van der Waals surface area contributed by atoms with Crippen LogP contribution in [-0.4, -0.2) is 13.1 Å². The molecule has 0 fully saturated rings. The van der Waals surface area contributed by atoms with Crippen LogP contribution in [0, 0.1) is 0 Å². The van der Waals surface area contributed by atoms with Crippen molar-refractivity contribution in [1.29, 1.82) is 0 Å². The number of hydrogen-bond acceptors (Lipinski definition) is 1. The summed E-state index contributed by atoms with van der Waals surface area (Å²) in [6, 6.07) is 1.66. The van der Waals surface area contributed by atoms with Gasteiger partial charge in [-0.1, -0.05) is 59.7 Å². The molecule has 0 heterocycles. The van der Waals surface area contributed by atoms with Gasteiger partial charge in [0.05, 0.1) is 15.1 Å². The topological polar surface area (TPSA) is 12.0 Å². The molecule has 1 rings (SSSR count). The average molecular weight is 329 g/mol. The highest BCUT2D eigenvalue weighted by Crippen LogP contribution is 2.38. The molecule has 1 aromatic carbocycles. The third-order valence-corrected chi connectivity index (χ3v) is 4.38. The first kappa shape index (κ1) is 16.4. The fourth-order valence-corrected chi connectivity index (χ4v) is 2.86. The van der Waals surface area contributed by atoms with E-state index in [1.54, 1.807) is 6.07 Å². The van der Waals surface area contributed by atoms with Gasteiger partial charge in [0.2, 0.25) is 0 Å². The zero-order valence-electron chi connectivity index (χ0n) is 10.3. The molecule has 1 N–H and O–H groups in total. The highest BCUT2D eigenvalue weighted by Gasteiger charge is 2.13. The van der Waals surface area contributed by atoms with Gasteiger partial charge < -0.3 is 5.32 Å². The van der Waals surface area contributed by atoms with Crippen LogP contribution in [-0.2, 0) is 6.42 Å². The second-order valence-electron chi connectivity index (χ2n) is 4.11. The summed E-state index contributed by atoms with van der Waals surface area (Å²) in [6.45, 7) is 4.18. The lowest BCUT2D eigenvalue weighted by atomic mass is 10.1. The summed E-state index contributed by atoms with van der Waals surface area (Å²) in [5, 5.41) is 5.18. The smallest absolute Gasteiger partial charge is 0.0782 e. The molecule has 102 valence electrons. The Morgan fingerprint density at radius 1 is 0.944 bits per heavy atom. The SMILES string of the molecule is CCNCCCCCc1c(Cl)cc(Cl)c(Cl)c1Cl. The van der Waals surface area contributed by atoms with Gasteiger partial charge in [0.25, 0.3) is 0 Å². The molecule has 0 radical (unpaired) electrons. The molecule has 0 aliphatic rings. The summed E-state index contributed by atoms with van der Waals surface area (Å²) in [6.07, 6.45) is 4.17. The van der Waals surface area contributed by atoms with Gasteiger partial charge in [-0.05, 0) is 44.0 Å². The van der Waals surface area contributed by atoms with E-state index in [0.29, 0.717) is 20.1 Å². The van der Waals surface area contributed by atoms with Gasteiger partial charge in [0.1, 0.15) is 0 Å². The summed E-state index contributed by atoms with van der Waals surface area (Å²) in [5.74, 6) is 0. The Hall–Kier alpha value is 0.340. The van der Waals surface area contributed by atoms with Crippen LogP contribution in [0.3, 0.4) is 0 Å². The van der Waals surface area contributed by atoms with Gasteiger partial charge in [-0.25, -0.2) is 0 Å². The number of halogens is 4. The second kappa shape index (κ2) is 8.50. The van der Waals surface area contributed by atoms with Gasteiger partial charge in [-0.2, -0.15) is 0 Å². The van der Waals surface area contributed by atoms with Crippen molar-refractivity contribution in [3.63, 3.8) is 0 Å². The van der Waals surface area contributed by atoms with Crippen LogP contribution in [0.5, 0.6) is 0 Å². The van der Waals surface area contributed by atoms with E-state index in [4.69, 9.17) is 46.4 Å². The van der Waals surface area contributed by atoms with E-state index in [-0.39, 0.29) is 0 Å². The third kappa shape index (κ3) is 4.79. The Bertz CT molecular complexity index is 393. The molecule has 1 nitrogen and oxygen atoms in total. The Labute approximate surface area is 129 Å². The van der Waals surface area contributed by atoms with Crippen LogP contribution in [0.2, 0.25) is 20.1 Å². The van der Waals surface area contributed by atoms with Gasteiger partial charge >= 0.3 is 0 Å². The van der Waals surface area contributed by atoms with Crippen LogP contribution in [0.15, 0.2) is 6.07 Å². The summed E-state index contributed by atoms with van der Waals surface area (Å²) in [4.78, 5) is 0. The van der Waals surface area contributed by atoms with E-state index < -0.39 is 0 Å². The quantitative estimate of drug-likeness (QED) is 0.389. The molecular formula is C13H17Cl4N. The Kier molecular flexibility index (Phi) is 7.74. The van der Waals surface area contributed by atoms with Gasteiger partial charge in [-0.15, -0.1) is 0 Å². The monoisotopic (exact) mass is 327 g/mol. The fourth-order valence-electron chi connectivity index (χ4n) is 1.74. The molecule has 0 saturated carbocycles. The molecule has 0 aromatic heterocycles. The highest BCUT2D eigenvalue weighted by atomic mass is 35.5. The lowest BCUT2D eigenvalue weighted by molar-refractivity contribution is 0.617. The largest absolute Gasteiger partial charge is 0.317 e. The molecule has 0 amide bonds. The lowest BCUT2D eigenvalue weighted by Crippen LogP contribution is -2.13. The normalized spacial score (nSPS) is 10.9. The molecular weight excluding hydrogens is 312 g/mol. The van der Waals surface area contributed by atoms with E-state index in [0.717, 1.165) is 44.3 Å². The number of hydrogen-bond donors (Lipinski definition) is 1. The summed E-state index contributed by atoms with van der Waals surface area (Å²) < 4.78 is 0. The van der Waals surface area contributed by atoms with Crippen LogP contribution in [0.25, 0.3) is 0 Å². The molecule has 0 unspecified atom stereocenters. The van der Waals surface area contributed by atoms with Crippen molar-refractivity contribution in [1.82, 2.24) is 5.32 Å². The van der Waals surface area contributed by atoms with E-state index >= 15 is 0 Å². The molecule has 18 heavy (non-hydrogen) atoms. The van der Waals surface area contributed by atoms with E-state index in [9.17, 15) is 0 Å². The summed E-state index contributed by atoms with van der Waals surface area (Å²) >= 11 is 24.2. The Balaban J connectivity index is 2.50. The molecule has 0 aliphatic heterocycles. The molecule has 0 saturated heterocycles. The Morgan fingerprint density at radius 3 is 2.33 bits per heavy atom. The zero-order chi connectivity index (χ0) is 13.5. The number of nitrogens with one attached hydrogen (secondary N) is 1. The van der Waals surface area contributed by atoms with Gasteiger partial charge in [-0.3, -0.25) is 0 Å². The van der Waals surface area contributed by atoms with Crippen LogP contribution >= 0.6 is 46.4 Å². The lowest BCUT2D eigenvalue weighted by Gasteiger charge is -2.10. The van der Waals surface area contributed by atoms with Crippen molar-refractivity contribution in [2.45, 2.75) is 32.6 Å². The third-order valence-electron chi connectivity index (χ3n) is 2.74. The molecule has 0 bridgehead atoms. The first-order valence-corrected chi connectivity index (χ1v) is 7.61. The van der Waals surface area contributed by atoms with Crippen molar-refractivity contribution in [2.24, 2.45) is 0 Å². The number of rotatable bonds is 7. The standard InChI is InChI=1S/C13H17Cl4N/c1-2-18-7-5-3-4-6-9-10(14)8-11(15)13(17)12(9)16/h8,18H,2-7H2,1H3. The molecule has 0 spiro atoms. The van der Waals surface area contributed by atoms with Gasteiger partial charge in [0.15, 0.2) is 0 Å². The van der Waals surface area contributed by atoms with E-state index in [2.05, 4.69) is 12.2 Å². The fraction of sp³-hybridized carbons (Fsp3) is 0.538. The molecule has 0 aliphatic carbocycles. The predicted molar refractivity (Wildman–Crippen MR) is 82.6 cm³/mol. The van der Waals surface area contributed by atoms with E-state index in [1.807, 2.05) is 0 Å². The first-order valence-electron chi connectivity index (χ1n) is 6.10. The van der Waals surface area contributed by atoms with Crippen molar-refractivity contribution < 1.29 is 0 Å². The van der Waals surface area contributed by atoms with Crippen molar-refractivity contribution in [2.75, 3.05) is 13.1 Å². The van der Waals surface area contributed by atoms with Crippen LogP contribution in [0.1, 0.15) is 31.7 Å². The zero-order valence-corrected chi connectivity index (χ0v) is 13.4. The highest BCUT2D eigenvalue weighted by molar-refractivity contribution is 6.49. The van der Waals surface area contributed by atoms with Crippen molar-refractivity contribution in [3.8, 4) is 0 Å². The summed E-state index contributed by atoms with van der Waals surface area (Å²) in [7, 11) is 0. The molecule has 0 atom stereocenters. The maximum Gasteiger partial charge on any atom is 0.0782 e. The summed E-state index contributed by atoms with van der Waals surface area (Å²) in [5.41, 5.74) is 0.899. The molecule has 1 aromatic rings. The van der Waals surface area contributed by atoms with Crippen LogP contribution in [0.4, 0.5) is 0 Å². The predicted octanol–water partition coefficient (Wildman–Crippen LogP) is 5.62. The molecule has 5 heteroatoms. The van der Waals surface area contributed by atoms with E-state index in [1.165, 1.54) is 0 Å². The Morgan fingerprint density at radius 2 is 1.67 bits per heavy atom. The minimum atomic E-state index is 0.394. The van der Waals surface area contributed by atoms with Crippen molar-refractivity contribution >= 4 is 46.4 Å². The minimum absolute atomic E-state index is 0.394. The second-order valence-corrected chi connectivity index (χ2v) is 5.68. The number of unbranched alkanes of at least 4 members (excludes halogenated alkanes) is 2. The maximum absolute atomic E-state index is 6.15. The number of benzene rings is 1. The van der Waals surface area contributed by atoms with Gasteiger partial charge in [0, 0.05) is 5.02 Å².